The van der Waals surface area contributed by atoms with E-state index in [-0.39, 0.29) is 0 Å². The van der Waals surface area contributed by atoms with Gasteiger partial charge in [-0.25, -0.2) is 0 Å². The first-order chi connectivity index (χ1) is 8.85. The Morgan fingerprint density at radius 1 is 1.33 bits per heavy atom. The molecular formula is C15H22N2O. The second kappa shape index (κ2) is 5.39. The highest BCUT2D eigenvalue weighted by Crippen LogP contribution is 2.18. The lowest BCUT2D eigenvalue weighted by molar-refractivity contribution is 0.106. The second-order valence-corrected chi connectivity index (χ2v) is 5.46. The van der Waals surface area contributed by atoms with Gasteiger partial charge in [0.1, 0.15) is 0 Å². The molecule has 1 N–H and O–H groups in total. The average molecular weight is 246 g/mol. The summed E-state index contributed by atoms with van der Waals surface area (Å²) in [6, 6.07) is 9.37. The van der Waals surface area contributed by atoms with Crippen LogP contribution in [-0.4, -0.2) is 43.8 Å². The number of nitrogens with zero attached hydrogens (tertiary/aromatic N) is 1. The summed E-state index contributed by atoms with van der Waals surface area (Å²) in [5.41, 5.74) is 2.98. The van der Waals surface area contributed by atoms with Crippen LogP contribution >= 0.6 is 0 Å². The first-order valence-corrected chi connectivity index (χ1v) is 6.90. The molecule has 1 aromatic rings. The summed E-state index contributed by atoms with van der Waals surface area (Å²) in [7, 11) is 1.82. The third kappa shape index (κ3) is 2.58. The summed E-state index contributed by atoms with van der Waals surface area (Å²) in [6.45, 7) is 4.44. The molecule has 2 heterocycles. The Morgan fingerprint density at radius 3 is 2.94 bits per heavy atom. The van der Waals surface area contributed by atoms with Crippen LogP contribution in [0, 0.1) is 0 Å². The first-order valence-electron chi connectivity index (χ1n) is 6.90. The van der Waals surface area contributed by atoms with E-state index in [0.29, 0.717) is 12.1 Å². The SMILES string of the molecule is COC1CCN(CC2Cc3ccccc3CN2)C1. The van der Waals surface area contributed by atoms with Gasteiger partial charge in [0, 0.05) is 39.3 Å². The van der Waals surface area contributed by atoms with E-state index in [9.17, 15) is 0 Å². The Hall–Kier alpha value is -0.900. The lowest BCUT2D eigenvalue weighted by atomic mass is 9.96. The van der Waals surface area contributed by atoms with E-state index in [2.05, 4.69) is 34.5 Å². The quantitative estimate of drug-likeness (QED) is 0.873. The maximum Gasteiger partial charge on any atom is 0.0710 e. The molecular weight excluding hydrogens is 224 g/mol. The summed E-state index contributed by atoms with van der Waals surface area (Å²) in [4.78, 5) is 2.53. The third-order valence-electron chi connectivity index (χ3n) is 4.21. The molecule has 1 aromatic carbocycles. The van der Waals surface area contributed by atoms with Crippen molar-refractivity contribution in [1.82, 2.24) is 10.2 Å². The highest BCUT2D eigenvalue weighted by molar-refractivity contribution is 5.29. The highest BCUT2D eigenvalue weighted by atomic mass is 16.5. The van der Waals surface area contributed by atoms with Crippen LogP contribution in [0.2, 0.25) is 0 Å². The van der Waals surface area contributed by atoms with Crippen LogP contribution in [0.25, 0.3) is 0 Å². The Bertz CT molecular complexity index is 407. The van der Waals surface area contributed by atoms with Crippen LogP contribution in [0.3, 0.4) is 0 Å². The molecule has 1 fully saturated rings. The van der Waals surface area contributed by atoms with Crippen molar-refractivity contribution in [2.45, 2.75) is 31.5 Å². The Kier molecular flexibility index (Phi) is 3.64. The van der Waals surface area contributed by atoms with Gasteiger partial charge in [-0.15, -0.1) is 0 Å². The van der Waals surface area contributed by atoms with Gasteiger partial charge >= 0.3 is 0 Å². The van der Waals surface area contributed by atoms with Crippen molar-refractivity contribution in [2.24, 2.45) is 0 Å². The third-order valence-corrected chi connectivity index (χ3v) is 4.21. The summed E-state index contributed by atoms with van der Waals surface area (Å²) in [6.07, 6.45) is 2.78. The number of rotatable bonds is 3. The van der Waals surface area contributed by atoms with Crippen molar-refractivity contribution in [3.63, 3.8) is 0 Å². The van der Waals surface area contributed by atoms with Gasteiger partial charge in [0.25, 0.3) is 0 Å². The van der Waals surface area contributed by atoms with Gasteiger partial charge in [-0.2, -0.15) is 0 Å². The molecule has 0 saturated carbocycles. The maximum atomic E-state index is 5.42. The number of benzene rings is 1. The van der Waals surface area contributed by atoms with Crippen molar-refractivity contribution in [3.8, 4) is 0 Å². The molecule has 0 amide bonds. The van der Waals surface area contributed by atoms with Crippen molar-refractivity contribution >= 4 is 0 Å². The molecule has 2 unspecified atom stereocenters. The van der Waals surface area contributed by atoms with E-state index in [4.69, 9.17) is 4.74 Å². The van der Waals surface area contributed by atoms with Crippen LogP contribution in [0.4, 0.5) is 0 Å². The summed E-state index contributed by atoms with van der Waals surface area (Å²) < 4.78 is 5.42. The number of likely N-dealkylation sites (tertiary alicyclic amines) is 1. The number of hydrogen-bond acceptors (Lipinski definition) is 3. The number of methoxy groups -OCH3 is 1. The second-order valence-electron chi connectivity index (χ2n) is 5.46. The predicted octanol–water partition coefficient (Wildman–Crippen LogP) is 1.42. The van der Waals surface area contributed by atoms with Gasteiger partial charge in [-0.1, -0.05) is 24.3 Å². The maximum absolute atomic E-state index is 5.42. The fraction of sp³-hybridized carbons (Fsp3) is 0.600. The van der Waals surface area contributed by atoms with E-state index >= 15 is 0 Å². The Labute approximate surface area is 109 Å². The number of nitrogens with one attached hydrogen (secondary N) is 1. The molecule has 0 aromatic heterocycles. The van der Waals surface area contributed by atoms with Gasteiger partial charge < -0.3 is 10.1 Å². The minimum atomic E-state index is 0.445. The van der Waals surface area contributed by atoms with Crippen molar-refractivity contribution in [3.05, 3.63) is 35.4 Å². The first kappa shape index (κ1) is 12.2. The molecule has 0 bridgehead atoms. The molecule has 98 valence electrons. The van der Waals surface area contributed by atoms with Crippen LogP contribution in [-0.2, 0) is 17.7 Å². The molecule has 2 aliphatic heterocycles. The van der Waals surface area contributed by atoms with Crippen molar-refractivity contribution < 1.29 is 4.74 Å². The fourth-order valence-electron chi connectivity index (χ4n) is 3.12. The average Bonchev–Trinajstić information content (AvgIpc) is 2.86. The summed E-state index contributed by atoms with van der Waals surface area (Å²) in [5.74, 6) is 0. The van der Waals surface area contributed by atoms with Crippen LogP contribution in [0.1, 0.15) is 17.5 Å². The van der Waals surface area contributed by atoms with Crippen LogP contribution in [0.15, 0.2) is 24.3 Å². The molecule has 0 radical (unpaired) electrons. The molecule has 3 rings (SSSR count). The van der Waals surface area contributed by atoms with Crippen molar-refractivity contribution in [2.75, 3.05) is 26.7 Å². The van der Waals surface area contributed by atoms with E-state index in [1.165, 1.54) is 24.1 Å². The zero-order valence-corrected chi connectivity index (χ0v) is 11.1. The van der Waals surface area contributed by atoms with Gasteiger partial charge in [0.2, 0.25) is 0 Å². The molecule has 3 heteroatoms. The minimum absolute atomic E-state index is 0.445. The smallest absolute Gasteiger partial charge is 0.0710 e. The largest absolute Gasteiger partial charge is 0.380 e. The van der Waals surface area contributed by atoms with E-state index < -0.39 is 0 Å². The molecule has 0 spiro atoms. The highest BCUT2D eigenvalue weighted by Gasteiger charge is 2.26. The van der Waals surface area contributed by atoms with Gasteiger partial charge in [-0.05, 0) is 24.0 Å². The fourth-order valence-corrected chi connectivity index (χ4v) is 3.12. The molecule has 2 atom stereocenters. The van der Waals surface area contributed by atoms with Crippen LogP contribution in [0.5, 0.6) is 0 Å². The van der Waals surface area contributed by atoms with Gasteiger partial charge in [0.15, 0.2) is 0 Å². The lowest BCUT2D eigenvalue weighted by Crippen LogP contribution is -2.44. The molecule has 2 aliphatic rings. The Balaban J connectivity index is 1.57. The van der Waals surface area contributed by atoms with E-state index in [1.54, 1.807) is 0 Å². The number of hydrogen-bond donors (Lipinski definition) is 1. The van der Waals surface area contributed by atoms with E-state index in [0.717, 1.165) is 26.1 Å². The molecule has 0 aliphatic carbocycles. The Morgan fingerprint density at radius 2 is 2.17 bits per heavy atom. The van der Waals surface area contributed by atoms with Gasteiger partial charge in [-0.3, -0.25) is 4.90 Å². The predicted molar refractivity (Wildman–Crippen MR) is 72.6 cm³/mol. The van der Waals surface area contributed by atoms with Crippen molar-refractivity contribution in [1.29, 1.82) is 0 Å². The number of ether oxygens (including phenoxy) is 1. The van der Waals surface area contributed by atoms with E-state index in [1.807, 2.05) is 7.11 Å². The topological polar surface area (TPSA) is 24.5 Å². The zero-order valence-electron chi connectivity index (χ0n) is 11.1. The molecule has 1 saturated heterocycles. The number of fused-ring (bicyclic) bond motifs is 1. The monoisotopic (exact) mass is 246 g/mol. The summed E-state index contributed by atoms with van der Waals surface area (Å²) in [5, 5.41) is 3.65. The zero-order chi connectivity index (χ0) is 12.4. The molecule has 18 heavy (non-hydrogen) atoms. The lowest BCUT2D eigenvalue weighted by Gasteiger charge is -2.29. The minimum Gasteiger partial charge on any atom is -0.380 e. The standard InChI is InChI=1S/C15H22N2O/c1-18-15-6-7-17(11-15)10-14-8-12-4-2-3-5-13(12)9-16-14/h2-5,14-16H,6-11H2,1H3. The van der Waals surface area contributed by atoms with Gasteiger partial charge in [0.05, 0.1) is 6.10 Å². The normalized spacial score (nSPS) is 28.3. The van der Waals surface area contributed by atoms with Crippen LogP contribution < -0.4 is 5.32 Å². The summed E-state index contributed by atoms with van der Waals surface area (Å²) >= 11 is 0. The molecule has 3 nitrogen and oxygen atoms in total.